The zero-order valence-corrected chi connectivity index (χ0v) is 13.9. The van der Waals surface area contributed by atoms with Crippen molar-refractivity contribution in [2.75, 3.05) is 6.61 Å². The van der Waals surface area contributed by atoms with Crippen LogP contribution in [0, 0.1) is 6.92 Å². The lowest BCUT2D eigenvalue weighted by Crippen LogP contribution is -2.39. The number of nitrogens with zero attached hydrogens (tertiary/aromatic N) is 2. The first-order valence-electron chi connectivity index (χ1n) is 7.51. The lowest BCUT2D eigenvalue weighted by Gasteiger charge is -2.21. The van der Waals surface area contributed by atoms with Crippen LogP contribution < -0.4 is 5.32 Å². The summed E-state index contributed by atoms with van der Waals surface area (Å²) in [4.78, 5) is 13.6. The van der Waals surface area contributed by atoms with Crippen molar-refractivity contribution in [1.29, 1.82) is 0 Å². The maximum absolute atomic E-state index is 12.5. The van der Waals surface area contributed by atoms with E-state index in [4.69, 9.17) is 4.74 Å². The predicted octanol–water partition coefficient (Wildman–Crippen LogP) is 2.54. The van der Waals surface area contributed by atoms with Crippen molar-refractivity contribution in [3.8, 4) is 0 Å². The molecule has 1 saturated heterocycles. The quantitative estimate of drug-likeness (QED) is 0.942. The summed E-state index contributed by atoms with van der Waals surface area (Å²) < 4.78 is 7.69. The summed E-state index contributed by atoms with van der Waals surface area (Å²) in [5, 5.41) is 9.43. The molecule has 3 rings (SSSR count). The van der Waals surface area contributed by atoms with Gasteiger partial charge in [-0.25, -0.2) is 0 Å². The number of rotatable bonds is 4. The highest BCUT2D eigenvalue weighted by atomic mass is 32.1. The van der Waals surface area contributed by atoms with Gasteiger partial charge in [-0.1, -0.05) is 6.07 Å². The second kappa shape index (κ2) is 6.22. The molecule has 0 bridgehead atoms. The summed E-state index contributed by atoms with van der Waals surface area (Å²) in [6.45, 7) is 4.63. The molecule has 0 aliphatic carbocycles. The molecule has 1 unspecified atom stereocenters. The maximum atomic E-state index is 12.5. The van der Waals surface area contributed by atoms with Crippen LogP contribution in [0.4, 0.5) is 0 Å². The average Bonchev–Trinajstić information content (AvgIpc) is 3.22. The predicted molar refractivity (Wildman–Crippen MR) is 85.9 cm³/mol. The van der Waals surface area contributed by atoms with E-state index < -0.39 is 0 Å². The molecule has 2 aromatic rings. The van der Waals surface area contributed by atoms with E-state index in [1.165, 1.54) is 0 Å². The summed E-state index contributed by atoms with van der Waals surface area (Å²) >= 11 is 1.61. The molecule has 1 amide bonds. The fourth-order valence-electron chi connectivity index (χ4n) is 2.81. The van der Waals surface area contributed by atoms with Gasteiger partial charge in [-0.3, -0.25) is 9.48 Å². The smallest absolute Gasteiger partial charge is 0.228 e. The molecule has 1 aliphatic heterocycles. The van der Waals surface area contributed by atoms with Crippen LogP contribution in [0.5, 0.6) is 0 Å². The number of aryl methyl sites for hydroxylation is 1. The van der Waals surface area contributed by atoms with Gasteiger partial charge in [0.15, 0.2) is 0 Å². The molecule has 2 aromatic heterocycles. The highest BCUT2D eigenvalue weighted by Crippen LogP contribution is 2.31. The third kappa shape index (κ3) is 2.80. The van der Waals surface area contributed by atoms with Gasteiger partial charge in [0, 0.05) is 29.8 Å². The van der Waals surface area contributed by atoms with Gasteiger partial charge >= 0.3 is 0 Å². The number of amides is 1. The molecule has 0 saturated carbocycles. The normalized spacial score (nSPS) is 22.7. The molecule has 3 heterocycles. The second-order valence-electron chi connectivity index (χ2n) is 5.74. The maximum Gasteiger partial charge on any atom is 0.228 e. The van der Waals surface area contributed by atoms with Crippen LogP contribution in [-0.2, 0) is 16.6 Å². The zero-order valence-electron chi connectivity index (χ0n) is 13.1. The Labute approximate surface area is 134 Å². The molecule has 0 radical (unpaired) electrons. The standard InChI is InChI=1S/C16H21N3O2S/c1-10(14-5-4-8-22-14)16(20)18-13-6-7-21-15(13)12-9-17-19(3)11(12)2/h4-5,8-10,13,15H,6-7H2,1-3H3,(H,18,20)/t10?,13-,15+/m0/s1. The van der Waals surface area contributed by atoms with Gasteiger partial charge in [-0.05, 0) is 31.7 Å². The Balaban J connectivity index is 1.71. The van der Waals surface area contributed by atoms with Crippen LogP contribution in [0.3, 0.4) is 0 Å². The van der Waals surface area contributed by atoms with Crippen molar-refractivity contribution >= 4 is 17.2 Å². The van der Waals surface area contributed by atoms with E-state index in [1.807, 2.05) is 49.3 Å². The molecule has 22 heavy (non-hydrogen) atoms. The molecule has 5 nitrogen and oxygen atoms in total. The minimum absolute atomic E-state index is 0.0119. The first-order chi connectivity index (χ1) is 10.6. The van der Waals surface area contributed by atoms with Crippen molar-refractivity contribution in [3.05, 3.63) is 39.8 Å². The Bertz CT molecular complexity index is 650. The summed E-state index contributed by atoms with van der Waals surface area (Å²) in [7, 11) is 1.92. The van der Waals surface area contributed by atoms with Crippen LogP contribution in [0.2, 0.25) is 0 Å². The highest BCUT2D eigenvalue weighted by Gasteiger charge is 2.34. The topological polar surface area (TPSA) is 56.1 Å². The molecule has 0 spiro atoms. The fourth-order valence-corrected chi connectivity index (χ4v) is 3.60. The van der Waals surface area contributed by atoms with Crippen LogP contribution in [0.1, 0.15) is 41.5 Å². The molecular formula is C16H21N3O2S. The highest BCUT2D eigenvalue weighted by molar-refractivity contribution is 7.10. The number of nitrogens with one attached hydrogen (secondary N) is 1. The van der Waals surface area contributed by atoms with Gasteiger partial charge in [0.25, 0.3) is 0 Å². The summed E-state index contributed by atoms with van der Waals surface area (Å²) in [5.41, 5.74) is 2.14. The summed E-state index contributed by atoms with van der Waals surface area (Å²) in [5.74, 6) is -0.0688. The number of thiophene rings is 1. The molecule has 1 N–H and O–H groups in total. The molecular weight excluding hydrogens is 298 g/mol. The third-order valence-corrected chi connectivity index (χ3v) is 5.42. The zero-order chi connectivity index (χ0) is 15.7. The lowest BCUT2D eigenvalue weighted by atomic mass is 10.0. The Hall–Kier alpha value is -1.66. The monoisotopic (exact) mass is 319 g/mol. The van der Waals surface area contributed by atoms with Gasteiger partial charge in [0.1, 0.15) is 6.10 Å². The Kier molecular flexibility index (Phi) is 4.31. The van der Waals surface area contributed by atoms with E-state index in [9.17, 15) is 4.79 Å². The van der Waals surface area contributed by atoms with E-state index >= 15 is 0 Å². The van der Waals surface area contributed by atoms with E-state index in [2.05, 4.69) is 10.4 Å². The second-order valence-corrected chi connectivity index (χ2v) is 6.72. The minimum Gasteiger partial charge on any atom is -0.371 e. The Morgan fingerprint density at radius 1 is 1.59 bits per heavy atom. The van der Waals surface area contributed by atoms with Gasteiger partial charge in [-0.2, -0.15) is 5.10 Å². The van der Waals surface area contributed by atoms with Crippen molar-refractivity contribution in [2.24, 2.45) is 7.05 Å². The Morgan fingerprint density at radius 3 is 3.05 bits per heavy atom. The van der Waals surface area contributed by atoms with Crippen LogP contribution in [0.25, 0.3) is 0 Å². The first kappa shape index (κ1) is 15.2. The number of carbonyl (C=O) groups excluding carboxylic acids is 1. The number of ether oxygens (including phenoxy) is 1. The van der Waals surface area contributed by atoms with E-state index in [0.29, 0.717) is 6.61 Å². The van der Waals surface area contributed by atoms with Gasteiger partial charge in [0.05, 0.1) is 18.2 Å². The van der Waals surface area contributed by atoms with Crippen molar-refractivity contribution in [1.82, 2.24) is 15.1 Å². The number of aromatic nitrogens is 2. The van der Waals surface area contributed by atoms with E-state index in [0.717, 1.165) is 22.6 Å². The molecule has 6 heteroatoms. The molecule has 1 aliphatic rings. The Morgan fingerprint density at radius 2 is 2.41 bits per heavy atom. The molecule has 0 aromatic carbocycles. The average molecular weight is 319 g/mol. The van der Waals surface area contributed by atoms with Gasteiger partial charge < -0.3 is 10.1 Å². The molecule has 118 valence electrons. The van der Waals surface area contributed by atoms with E-state index in [1.54, 1.807) is 11.3 Å². The third-order valence-electron chi connectivity index (χ3n) is 4.36. The van der Waals surface area contributed by atoms with Crippen LogP contribution in [-0.4, -0.2) is 28.3 Å². The number of hydrogen-bond acceptors (Lipinski definition) is 4. The summed E-state index contributed by atoms with van der Waals surface area (Å²) in [6.07, 6.45) is 2.57. The largest absolute Gasteiger partial charge is 0.371 e. The molecule has 1 fully saturated rings. The van der Waals surface area contributed by atoms with Crippen molar-refractivity contribution in [2.45, 2.75) is 38.3 Å². The lowest BCUT2D eigenvalue weighted by molar-refractivity contribution is -0.123. The fraction of sp³-hybridized carbons (Fsp3) is 0.500. The van der Waals surface area contributed by atoms with Crippen molar-refractivity contribution in [3.63, 3.8) is 0 Å². The van der Waals surface area contributed by atoms with Crippen LogP contribution >= 0.6 is 11.3 Å². The first-order valence-corrected chi connectivity index (χ1v) is 8.39. The van der Waals surface area contributed by atoms with Crippen molar-refractivity contribution < 1.29 is 9.53 Å². The number of carbonyl (C=O) groups is 1. The summed E-state index contributed by atoms with van der Waals surface area (Å²) in [6, 6.07) is 3.99. The van der Waals surface area contributed by atoms with Gasteiger partial charge in [-0.15, -0.1) is 11.3 Å². The minimum atomic E-state index is -0.128. The SMILES string of the molecule is Cc1c([C@H]2OCC[C@@H]2NC(=O)C(C)c2cccs2)cnn1C. The van der Waals surface area contributed by atoms with E-state index in [-0.39, 0.29) is 24.0 Å². The molecule has 3 atom stereocenters. The van der Waals surface area contributed by atoms with Gasteiger partial charge in [0.2, 0.25) is 5.91 Å². The number of hydrogen-bond donors (Lipinski definition) is 1. The van der Waals surface area contributed by atoms with Crippen LogP contribution in [0.15, 0.2) is 23.7 Å².